The third kappa shape index (κ3) is 3.33. The smallest absolute Gasteiger partial charge is 0.223 e. The quantitative estimate of drug-likeness (QED) is 0.767. The highest BCUT2D eigenvalue weighted by Crippen LogP contribution is 2.18. The molecule has 1 aromatic carbocycles. The highest BCUT2D eigenvalue weighted by atomic mass is 16.2. The number of anilines is 1. The van der Waals surface area contributed by atoms with E-state index in [-0.39, 0.29) is 11.8 Å². The molecule has 1 aliphatic rings. The van der Waals surface area contributed by atoms with Crippen molar-refractivity contribution in [3.63, 3.8) is 0 Å². The first-order valence-electron chi connectivity index (χ1n) is 7.19. The number of amides is 1. The molecule has 0 aliphatic carbocycles. The third-order valence-electron chi connectivity index (χ3n) is 3.84. The number of hydrogen-bond acceptors (Lipinski definition) is 2. The lowest BCUT2D eigenvalue weighted by atomic mass is 10.1. The van der Waals surface area contributed by atoms with Crippen LogP contribution in [-0.2, 0) is 4.79 Å². The molecule has 2 rings (SSSR count). The fraction of sp³-hybridized carbons (Fsp3) is 0.471. The molecular weight excluding hydrogens is 248 g/mol. The number of aryl methyl sites for hydroxylation is 1. The lowest BCUT2D eigenvalue weighted by Crippen LogP contribution is -2.36. The number of benzene rings is 1. The number of likely N-dealkylation sites (N-methyl/N-ethyl adjacent to an activating group) is 1. The standard InChI is InChI=1S/C17H22N2O/c1-4-15-12-17(20)19(13-15)10-9-18(5-2)16-8-6-7-14(3)11-16/h1,6-8,11,15H,5,9-10,12-13H2,2-3H3. The lowest BCUT2D eigenvalue weighted by Gasteiger charge is -2.26. The monoisotopic (exact) mass is 270 g/mol. The first-order valence-corrected chi connectivity index (χ1v) is 7.19. The summed E-state index contributed by atoms with van der Waals surface area (Å²) in [7, 11) is 0. The van der Waals surface area contributed by atoms with Gasteiger partial charge < -0.3 is 9.80 Å². The molecule has 1 fully saturated rings. The molecule has 3 nitrogen and oxygen atoms in total. The van der Waals surface area contributed by atoms with Crippen LogP contribution in [0.3, 0.4) is 0 Å². The summed E-state index contributed by atoms with van der Waals surface area (Å²) in [6, 6.07) is 8.47. The van der Waals surface area contributed by atoms with E-state index < -0.39 is 0 Å². The summed E-state index contributed by atoms with van der Waals surface area (Å²) in [6.07, 6.45) is 5.92. The molecule has 0 radical (unpaired) electrons. The summed E-state index contributed by atoms with van der Waals surface area (Å²) < 4.78 is 0. The Morgan fingerprint density at radius 1 is 1.50 bits per heavy atom. The van der Waals surface area contributed by atoms with Crippen molar-refractivity contribution in [3.8, 4) is 12.3 Å². The molecule has 0 aromatic heterocycles. The Morgan fingerprint density at radius 3 is 2.90 bits per heavy atom. The summed E-state index contributed by atoms with van der Waals surface area (Å²) in [5, 5.41) is 0. The van der Waals surface area contributed by atoms with Gasteiger partial charge in [-0.25, -0.2) is 0 Å². The van der Waals surface area contributed by atoms with Gasteiger partial charge in [-0.3, -0.25) is 4.79 Å². The van der Waals surface area contributed by atoms with E-state index in [1.54, 1.807) is 0 Å². The fourth-order valence-corrected chi connectivity index (χ4v) is 2.64. The third-order valence-corrected chi connectivity index (χ3v) is 3.84. The van der Waals surface area contributed by atoms with Crippen molar-refractivity contribution in [1.29, 1.82) is 0 Å². The van der Waals surface area contributed by atoms with Crippen LogP contribution in [-0.4, -0.2) is 37.0 Å². The minimum Gasteiger partial charge on any atom is -0.370 e. The van der Waals surface area contributed by atoms with Crippen molar-refractivity contribution >= 4 is 11.6 Å². The van der Waals surface area contributed by atoms with E-state index in [9.17, 15) is 4.79 Å². The molecule has 1 aliphatic heterocycles. The summed E-state index contributed by atoms with van der Waals surface area (Å²) in [4.78, 5) is 16.0. The Bertz CT molecular complexity index is 518. The molecular formula is C17H22N2O. The number of carbonyl (C=O) groups excluding carboxylic acids is 1. The molecule has 3 heteroatoms. The van der Waals surface area contributed by atoms with E-state index >= 15 is 0 Å². The molecule has 0 N–H and O–H groups in total. The van der Waals surface area contributed by atoms with Gasteiger partial charge in [0.2, 0.25) is 5.91 Å². The molecule has 1 heterocycles. The minimum absolute atomic E-state index is 0.0940. The van der Waals surface area contributed by atoms with Crippen LogP contribution in [0.2, 0.25) is 0 Å². The van der Waals surface area contributed by atoms with E-state index in [0.29, 0.717) is 13.0 Å². The molecule has 1 aromatic rings. The normalized spacial score (nSPS) is 18.1. The second-order valence-corrected chi connectivity index (χ2v) is 5.33. The minimum atomic E-state index is 0.0940. The summed E-state index contributed by atoms with van der Waals surface area (Å²) >= 11 is 0. The van der Waals surface area contributed by atoms with E-state index in [4.69, 9.17) is 6.42 Å². The second kappa shape index (κ2) is 6.47. The van der Waals surface area contributed by atoms with Gasteiger partial charge in [-0.2, -0.15) is 0 Å². The van der Waals surface area contributed by atoms with Crippen LogP contribution in [0.1, 0.15) is 18.9 Å². The average Bonchev–Trinajstić information content (AvgIpc) is 2.80. The van der Waals surface area contributed by atoms with Crippen LogP contribution in [0.25, 0.3) is 0 Å². The fourth-order valence-electron chi connectivity index (χ4n) is 2.64. The molecule has 1 unspecified atom stereocenters. The molecule has 0 saturated carbocycles. The topological polar surface area (TPSA) is 23.6 Å². The molecule has 20 heavy (non-hydrogen) atoms. The highest BCUT2D eigenvalue weighted by molar-refractivity contribution is 5.79. The van der Waals surface area contributed by atoms with Crippen molar-refractivity contribution < 1.29 is 4.79 Å². The van der Waals surface area contributed by atoms with Gasteiger partial charge in [-0.1, -0.05) is 12.1 Å². The maximum absolute atomic E-state index is 11.8. The molecule has 1 amide bonds. The number of likely N-dealkylation sites (tertiary alicyclic amines) is 1. The van der Waals surface area contributed by atoms with Gasteiger partial charge in [0.25, 0.3) is 0 Å². The molecule has 1 saturated heterocycles. The highest BCUT2D eigenvalue weighted by Gasteiger charge is 2.27. The number of carbonyl (C=O) groups is 1. The Balaban J connectivity index is 1.95. The van der Waals surface area contributed by atoms with E-state index in [0.717, 1.165) is 19.6 Å². The van der Waals surface area contributed by atoms with Crippen molar-refractivity contribution in [2.24, 2.45) is 5.92 Å². The first kappa shape index (κ1) is 14.5. The van der Waals surface area contributed by atoms with Crippen molar-refractivity contribution in [3.05, 3.63) is 29.8 Å². The van der Waals surface area contributed by atoms with E-state index in [1.807, 2.05) is 4.90 Å². The van der Waals surface area contributed by atoms with Gasteiger partial charge in [-0.15, -0.1) is 12.3 Å². The Kier molecular flexibility index (Phi) is 4.68. The number of nitrogens with zero attached hydrogens (tertiary/aromatic N) is 2. The van der Waals surface area contributed by atoms with Gasteiger partial charge in [0, 0.05) is 44.2 Å². The predicted octanol–water partition coefficient (Wildman–Crippen LogP) is 2.30. The van der Waals surface area contributed by atoms with Crippen LogP contribution < -0.4 is 4.90 Å². The van der Waals surface area contributed by atoms with Gasteiger partial charge in [0.1, 0.15) is 0 Å². The maximum atomic E-state index is 11.8. The molecule has 0 spiro atoms. The number of hydrogen-bond donors (Lipinski definition) is 0. The van der Waals surface area contributed by atoms with Crippen LogP contribution in [0.4, 0.5) is 5.69 Å². The summed E-state index contributed by atoms with van der Waals surface area (Å²) in [6.45, 7) is 7.48. The van der Waals surface area contributed by atoms with Gasteiger partial charge in [0.05, 0.1) is 0 Å². The molecule has 0 bridgehead atoms. The summed E-state index contributed by atoms with van der Waals surface area (Å²) in [5.74, 6) is 2.97. The summed E-state index contributed by atoms with van der Waals surface area (Å²) in [5.41, 5.74) is 2.47. The van der Waals surface area contributed by atoms with Gasteiger partial charge in [-0.05, 0) is 31.5 Å². The first-order chi connectivity index (χ1) is 9.63. The van der Waals surface area contributed by atoms with E-state index in [2.05, 4.69) is 48.9 Å². The zero-order valence-corrected chi connectivity index (χ0v) is 12.3. The van der Waals surface area contributed by atoms with E-state index in [1.165, 1.54) is 11.3 Å². The van der Waals surface area contributed by atoms with Crippen molar-refractivity contribution in [2.45, 2.75) is 20.3 Å². The molecule has 106 valence electrons. The van der Waals surface area contributed by atoms with Crippen LogP contribution in [0, 0.1) is 25.2 Å². The average molecular weight is 270 g/mol. The second-order valence-electron chi connectivity index (χ2n) is 5.33. The largest absolute Gasteiger partial charge is 0.370 e. The SMILES string of the molecule is C#CC1CC(=O)N(CCN(CC)c2cccc(C)c2)C1. The molecule has 1 atom stereocenters. The number of terminal acetylenes is 1. The van der Waals surface area contributed by atoms with Crippen LogP contribution >= 0.6 is 0 Å². The zero-order chi connectivity index (χ0) is 14.5. The predicted molar refractivity (Wildman–Crippen MR) is 82.6 cm³/mol. The van der Waals surface area contributed by atoms with Gasteiger partial charge >= 0.3 is 0 Å². The van der Waals surface area contributed by atoms with Crippen LogP contribution in [0.15, 0.2) is 24.3 Å². The zero-order valence-electron chi connectivity index (χ0n) is 12.3. The number of rotatable bonds is 5. The van der Waals surface area contributed by atoms with Gasteiger partial charge in [0.15, 0.2) is 0 Å². The van der Waals surface area contributed by atoms with Crippen LogP contribution in [0.5, 0.6) is 0 Å². The van der Waals surface area contributed by atoms with Crippen molar-refractivity contribution in [1.82, 2.24) is 4.90 Å². The Hall–Kier alpha value is -1.95. The Labute approximate surface area is 121 Å². The van der Waals surface area contributed by atoms with Crippen molar-refractivity contribution in [2.75, 3.05) is 31.1 Å². The lowest BCUT2D eigenvalue weighted by molar-refractivity contribution is -0.127. The Morgan fingerprint density at radius 2 is 2.30 bits per heavy atom. The maximum Gasteiger partial charge on any atom is 0.223 e.